The Morgan fingerprint density at radius 3 is 2.94 bits per heavy atom. The molecule has 1 unspecified atom stereocenters. The number of rotatable bonds is 5. The number of carboxylic acids is 1. The van der Waals surface area contributed by atoms with Gasteiger partial charge < -0.3 is 5.11 Å². The van der Waals surface area contributed by atoms with Gasteiger partial charge in [-0.25, -0.2) is 4.39 Å². The lowest BCUT2D eigenvalue weighted by molar-refractivity contribution is -0.136. The first-order valence-electron chi connectivity index (χ1n) is 4.76. The van der Waals surface area contributed by atoms with E-state index < -0.39 is 5.97 Å². The van der Waals surface area contributed by atoms with Gasteiger partial charge in [0.15, 0.2) is 0 Å². The van der Waals surface area contributed by atoms with E-state index in [0.717, 1.165) is 0 Å². The van der Waals surface area contributed by atoms with Crippen LogP contribution in [0.4, 0.5) is 4.39 Å². The summed E-state index contributed by atoms with van der Waals surface area (Å²) in [5.74, 6) is -0.716. The second-order valence-electron chi connectivity index (χ2n) is 3.46. The Morgan fingerprint density at radius 1 is 1.62 bits per heavy atom. The molecule has 88 valence electrons. The van der Waals surface area contributed by atoms with Crippen molar-refractivity contribution in [3.8, 4) is 0 Å². The smallest absolute Gasteiger partial charge is 0.304 e. The minimum atomic E-state index is -0.841. The summed E-state index contributed by atoms with van der Waals surface area (Å²) in [6.07, 6.45) is 0.0762. The Labute approximate surface area is 103 Å². The summed E-state index contributed by atoms with van der Waals surface area (Å²) in [6.45, 7) is 1.81. The van der Waals surface area contributed by atoms with E-state index in [1.54, 1.807) is 13.0 Å². The third-order valence-corrected chi connectivity index (χ3v) is 3.44. The summed E-state index contributed by atoms with van der Waals surface area (Å²) in [6, 6.07) is 4.38. The standard InChI is InChI=1S/C11H12ClFO2S/c1-7(4-11(14)15)16-6-8-5-9(12)2-3-10(8)13/h2-3,5,7H,4,6H2,1H3,(H,14,15). The third-order valence-electron chi connectivity index (χ3n) is 1.99. The molecule has 0 amide bonds. The normalized spacial score (nSPS) is 12.4. The molecule has 0 aliphatic rings. The summed E-state index contributed by atoms with van der Waals surface area (Å²) in [4.78, 5) is 10.4. The minimum Gasteiger partial charge on any atom is -0.481 e. The molecule has 0 spiro atoms. The zero-order valence-electron chi connectivity index (χ0n) is 8.74. The van der Waals surface area contributed by atoms with E-state index in [-0.39, 0.29) is 17.5 Å². The van der Waals surface area contributed by atoms with Gasteiger partial charge in [-0.05, 0) is 23.8 Å². The van der Waals surface area contributed by atoms with Crippen LogP contribution in [-0.4, -0.2) is 16.3 Å². The molecule has 2 nitrogen and oxygen atoms in total. The van der Waals surface area contributed by atoms with Crippen molar-refractivity contribution in [2.24, 2.45) is 0 Å². The number of carboxylic acid groups (broad SMARTS) is 1. The first-order chi connectivity index (χ1) is 7.49. The number of aliphatic carboxylic acids is 1. The minimum absolute atomic E-state index is 0.0455. The molecule has 0 aromatic heterocycles. The molecule has 1 atom stereocenters. The number of hydrogen-bond acceptors (Lipinski definition) is 2. The summed E-state index contributed by atoms with van der Waals surface area (Å²) in [5, 5.41) is 9.01. The molecule has 0 aliphatic carbocycles. The van der Waals surface area contributed by atoms with Crippen molar-refractivity contribution >= 4 is 29.3 Å². The summed E-state index contributed by atoms with van der Waals surface area (Å²) >= 11 is 7.15. The van der Waals surface area contributed by atoms with E-state index in [2.05, 4.69) is 0 Å². The van der Waals surface area contributed by atoms with Crippen LogP contribution >= 0.6 is 23.4 Å². The van der Waals surface area contributed by atoms with Crippen molar-refractivity contribution in [3.05, 3.63) is 34.6 Å². The second kappa shape index (κ2) is 6.11. The van der Waals surface area contributed by atoms with Crippen LogP contribution in [0.3, 0.4) is 0 Å². The van der Waals surface area contributed by atoms with Crippen molar-refractivity contribution < 1.29 is 14.3 Å². The zero-order chi connectivity index (χ0) is 12.1. The highest BCUT2D eigenvalue weighted by molar-refractivity contribution is 7.99. The lowest BCUT2D eigenvalue weighted by atomic mass is 10.2. The van der Waals surface area contributed by atoms with Gasteiger partial charge in [-0.15, -0.1) is 0 Å². The third kappa shape index (κ3) is 4.41. The van der Waals surface area contributed by atoms with Crippen molar-refractivity contribution in [2.75, 3.05) is 0 Å². The molecule has 0 aliphatic heterocycles. The number of benzene rings is 1. The van der Waals surface area contributed by atoms with Gasteiger partial charge >= 0.3 is 5.97 Å². The summed E-state index contributed by atoms with van der Waals surface area (Å²) in [5.41, 5.74) is 0.509. The molecular weight excluding hydrogens is 251 g/mol. The predicted octanol–water partition coefficient (Wildman–Crippen LogP) is 3.58. The fourth-order valence-electron chi connectivity index (χ4n) is 1.19. The summed E-state index contributed by atoms with van der Waals surface area (Å²) < 4.78 is 13.3. The molecule has 1 N–H and O–H groups in total. The van der Waals surface area contributed by atoms with Gasteiger partial charge in [0.2, 0.25) is 0 Å². The number of carbonyl (C=O) groups is 1. The second-order valence-corrected chi connectivity index (χ2v) is 5.32. The molecule has 0 bridgehead atoms. The molecule has 1 rings (SSSR count). The Balaban J connectivity index is 2.54. The fourth-order valence-corrected chi connectivity index (χ4v) is 2.33. The number of thioether (sulfide) groups is 1. The molecule has 1 aromatic carbocycles. The number of hydrogen-bond donors (Lipinski definition) is 1. The maximum Gasteiger partial charge on any atom is 0.304 e. The molecule has 16 heavy (non-hydrogen) atoms. The first-order valence-corrected chi connectivity index (χ1v) is 6.19. The molecule has 0 radical (unpaired) electrons. The maximum atomic E-state index is 13.3. The van der Waals surface area contributed by atoms with Gasteiger partial charge in [0, 0.05) is 16.0 Å². The SMILES string of the molecule is CC(CC(=O)O)SCc1cc(Cl)ccc1F. The van der Waals surface area contributed by atoms with Crippen molar-refractivity contribution in [1.82, 2.24) is 0 Å². The van der Waals surface area contributed by atoms with E-state index in [0.29, 0.717) is 16.3 Å². The number of halogens is 2. The van der Waals surface area contributed by atoms with Crippen molar-refractivity contribution in [1.29, 1.82) is 0 Å². The Hall–Kier alpha value is -0.740. The van der Waals surface area contributed by atoms with Crippen LogP contribution < -0.4 is 0 Å². The average Bonchev–Trinajstić information content (AvgIpc) is 2.18. The molecule has 1 aromatic rings. The van der Waals surface area contributed by atoms with E-state index >= 15 is 0 Å². The van der Waals surface area contributed by atoms with Crippen LogP contribution in [0.25, 0.3) is 0 Å². The van der Waals surface area contributed by atoms with E-state index in [1.165, 1.54) is 23.9 Å². The highest BCUT2D eigenvalue weighted by Crippen LogP contribution is 2.23. The molecule has 5 heteroatoms. The van der Waals surface area contributed by atoms with E-state index in [9.17, 15) is 9.18 Å². The van der Waals surface area contributed by atoms with Crippen molar-refractivity contribution in [3.63, 3.8) is 0 Å². The monoisotopic (exact) mass is 262 g/mol. The Kier molecular flexibility index (Phi) is 5.09. The highest BCUT2D eigenvalue weighted by atomic mass is 35.5. The topological polar surface area (TPSA) is 37.3 Å². The molecule has 0 saturated heterocycles. The maximum absolute atomic E-state index is 13.3. The van der Waals surface area contributed by atoms with Crippen LogP contribution in [0.2, 0.25) is 5.02 Å². The Bertz CT molecular complexity index is 384. The lowest BCUT2D eigenvalue weighted by Gasteiger charge is -2.09. The van der Waals surface area contributed by atoms with E-state index in [4.69, 9.17) is 16.7 Å². The predicted molar refractivity (Wildman–Crippen MR) is 64.4 cm³/mol. The van der Waals surface area contributed by atoms with Gasteiger partial charge in [0.1, 0.15) is 5.82 Å². The van der Waals surface area contributed by atoms with Crippen LogP contribution in [0, 0.1) is 5.82 Å². The van der Waals surface area contributed by atoms with E-state index in [1.807, 2.05) is 0 Å². The first kappa shape index (κ1) is 13.3. The van der Waals surface area contributed by atoms with Gasteiger partial charge in [0.25, 0.3) is 0 Å². The average molecular weight is 263 g/mol. The largest absolute Gasteiger partial charge is 0.481 e. The van der Waals surface area contributed by atoms with Gasteiger partial charge in [0.05, 0.1) is 6.42 Å². The molecule has 0 saturated carbocycles. The van der Waals surface area contributed by atoms with Gasteiger partial charge in [-0.1, -0.05) is 18.5 Å². The van der Waals surface area contributed by atoms with Crippen LogP contribution in [0.15, 0.2) is 18.2 Å². The van der Waals surface area contributed by atoms with Crippen LogP contribution in [0.5, 0.6) is 0 Å². The molecule has 0 heterocycles. The molecular formula is C11H12ClFO2S. The van der Waals surface area contributed by atoms with Gasteiger partial charge in [-0.3, -0.25) is 4.79 Å². The quantitative estimate of drug-likeness (QED) is 0.881. The fraction of sp³-hybridized carbons (Fsp3) is 0.364. The van der Waals surface area contributed by atoms with Crippen molar-refractivity contribution in [2.45, 2.75) is 24.3 Å². The van der Waals surface area contributed by atoms with Crippen LogP contribution in [-0.2, 0) is 10.5 Å². The highest BCUT2D eigenvalue weighted by Gasteiger charge is 2.10. The molecule has 0 fully saturated rings. The van der Waals surface area contributed by atoms with Crippen LogP contribution in [0.1, 0.15) is 18.9 Å². The zero-order valence-corrected chi connectivity index (χ0v) is 10.3. The summed E-state index contributed by atoms with van der Waals surface area (Å²) in [7, 11) is 0. The Morgan fingerprint density at radius 2 is 2.31 bits per heavy atom. The van der Waals surface area contributed by atoms with Gasteiger partial charge in [-0.2, -0.15) is 11.8 Å². The lowest BCUT2D eigenvalue weighted by Crippen LogP contribution is -2.06.